The smallest absolute Gasteiger partial charge is 0.475 e. The molecule has 0 aromatic heterocycles. The second-order valence-electron chi connectivity index (χ2n) is 2.72. The molecule has 0 saturated heterocycles. The van der Waals surface area contributed by atoms with Gasteiger partial charge in [0.05, 0.1) is 0 Å². The first-order valence-corrected chi connectivity index (χ1v) is 3.46. The predicted molar refractivity (Wildman–Crippen MR) is 40.0 cm³/mol. The summed E-state index contributed by atoms with van der Waals surface area (Å²) in [6.45, 7) is 3.73. The first kappa shape index (κ1) is 12.0. The SMILES string of the molecule is C=C1CC(N)C1.O=C(O)C(F)(F)F. The van der Waals surface area contributed by atoms with Gasteiger partial charge in [0.25, 0.3) is 0 Å². The topological polar surface area (TPSA) is 63.3 Å². The molecule has 0 aliphatic heterocycles. The molecule has 1 aliphatic rings. The number of rotatable bonds is 0. The summed E-state index contributed by atoms with van der Waals surface area (Å²) in [5.41, 5.74) is 6.72. The Kier molecular flexibility index (Phi) is 3.93. The van der Waals surface area contributed by atoms with Gasteiger partial charge in [0.1, 0.15) is 0 Å². The first-order valence-electron chi connectivity index (χ1n) is 3.46. The fourth-order valence-corrected chi connectivity index (χ4v) is 0.682. The molecule has 0 unspecified atom stereocenters. The lowest BCUT2D eigenvalue weighted by Gasteiger charge is -2.23. The van der Waals surface area contributed by atoms with Crippen molar-refractivity contribution in [2.45, 2.75) is 25.1 Å². The van der Waals surface area contributed by atoms with Crippen molar-refractivity contribution in [2.75, 3.05) is 0 Å². The zero-order valence-corrected chi connectivity index (χ0v) is 6.77. The average molecular weight is 197 g/mol. The second-order valence-corrected chi connectivity index (χ2v) is 2.72. The van der Waals surface area contributed by atoms with Crippen LogP contribution in [0.1, 0.15) is 12.8 Å². The van der Waals surface area contributed by atoms with E-state index in [9.17, 15) is 13.2 Å². The lowest BCUT2D eigenvalue weighted by molar-refractivity contribution is -0.192. The van der Waals surface area contributed by atoms with Crippen LogP contribution >= 0.6 is 0 Å². The molecule has 0 aromatic rings. The van der Waals surface area contributed by atoms with E-state index in [1.807, 2.05) is 0 Å². The Labute approximate surface area is 73.0 Å². The highest BCUT2D eigenvalue weighted by atomic mass is 19.4. The van der Waals surface area contributed by atoms with Gasteiger partial charge >= 0.3 is 12.1 Å². The third-order valence-corrected chi connectivity index (χ3v) is 1.34. The monoisotopic (exact) mass is 197 g/mol. The number of hydrogen-bond acceptors (Lipinski definition) is 2. The van der Waals surface area contributed by atoms with Crippen molar-refractivity contribution >= 4 is 5.97 Å². The molecule has 0 radical (unpaired) electrons. The number of nitrogens with two attached hydrogens (primary N) is 1. The lowest BCUT2D eigenvalue weighted by Crippen LogP contribution is -2.29. The molecule has 6 heteroatoms. The van der Waals surface area contributed by atoms with Crippen molar-refractivity contribution in [3.05, 3.63) is 12.2 Å². The largest absolute Gasteiger partial charge is 0.490 e. The van der Waals surface area contributed by atoms with Crippen LogP contribution in [0.25, 0.3) is 0 Å². The number of alkyl halides is 3. The number of halogens is 3. The Morgan fingerprint density at radius 1 is 1.54 bits per heavy atom. The van der Waals surface area contributed by atoms with Gasteiger partial charge in [0.2, 0.25) is 0 Å². The van der Waals surface area contributed by atoms with Crippen LogP contribution in [0.4, 0.5) is 13.2 Å². The van der Waals surface area contributed by atoms with E-state index < -0.39 is 12.1 Å². The fourth-order valence-electron chi connectivity index (χ4n) is 0.682. The maximum Gasteiger partial charge on any atom is 0.490 e. The number of aliphatic carboxylic acids is 1. The maximum atomic E-state index is 10.6. The summed E-state index contributed by atoms with van der Waals surface area (Å²) in [7, 11) is 0. The van der Waals surface area contributed by atoms with E-state index in [0.717, 1.165) is 12.8 Å². The van der Waals surface area contributed by atoms with E-state index in [1.54, 1.807) is 0 Å². The van der Waals surface area contributed by atoms with E-state index in [4.69, 9.17) is 15.6 Å². The molecule has 0 bridgehead atoms. The van der Waals surface area contributed by atoms with Gasteiger partial charge in [-0.2, -0.15) is 13.2 Å². The zero-order chi connectivity index (χ0) is 10.6. The summed E-state index contributed by atoms with van der Waals surface area (Å²) in [5.74, 6) is -2.76. The molecule has 1 aliphatic carbocycles. The molecular formula is C7H10F3NO2. The highest BCUT2D eigenvalue weighted by Crippen LogP contribution is 2.21. The standard InChI is InChI=1S/C5H9N.C2HF3O2/c1-4-2-5(6)3-4;3-2(4,5)1(6)7/h5H,1-3,6H2;(H,6,7). The van der Waals surface area contributed by atoms with E-state index in [2.05, 4.69) is 6.58 Å². The molecule has 0 aromatic carbocycles. The summed E-state index contributed by atoms with van der Waals surface area (Å²) >= 11 is 0. The van der Waals surface area contributed by atoms with Crippen molar-refractivity contribution in [1.29, 1.82) is 0 Å². The summed E-state index contributed by atoms with van der Waals surface area (Å²) in [4.78, 5) is 8.90. The lowest BCUT2D eigenvalue weighted by atomic mass is 9.89. The van der Waals surface area contributed by atoms with Crippen molar-refractivity contribution < 1.29 is 23.1 Å². The Bertz CT molecular complexity index is 204. The predicted octanol–water partition coefficient (Wildman–Crippen LogP) is 1.30. The third kappa shape index (κ3) is 5.24. The van der Waals surface area contributed by atoms with Crippen LogP contribution in [-0.4, -0.2) is 23.3 Å². The van der Waals surface area contributed by atoms with Crippen LogP contribution in [0.15, 0.2) is 12.2 Å². The highest BCUT2D eigenvalue weighted by Gasteiger charge is 2.38. The van der Waals surface area contributed by atoms with Crippen molar-refractivity contribution in [3.8, 4) is 0 Å². The van der Waals surface area contributed by atoms with Gasteiger partial charge in [-0.1, -0.05) is 12.2 Å². The average Bonchev–Trinajstić information content (AvgIpc) is 1.84. The molecule has 0 atom stereocenters. The van der Waals surface area contributed by atoms with Crippen LogP contribution in [0.5, 0.6) is 0 Å². The van der Waals surface area contributed by atoms with Crippen molar-refractivity contribution in [1.82, 2.24) is 0 Å². The molecule has 3 N–H and O–H groups in total. The van der Waals surface area contributed by atoms with E-state index in [0.29, 0.717) is 6.04 Å². The molecule has 3 nitrogen and oxygen atoms in total. The molecule has 1 saturated carbocycles. The van der Waals surface area contributed by atoms with Gasteiger partial charge in [0.15, 0.2) is 0 Å². The zero-order valence-electron chi connectivity index (χ0n) is 6.77. The minimum Gasteiger partial charge on any atom is -0.475 e. The summed E-state index contributed by atoms with van der Waals surface area (Å²) < 4.78 is 31.7. The Balaban J connectivity index is 0.000000223. The quantitative estimate of drug-likeness (QED) is 0.575. The van der Waals surface area contributed by atoms with Gasteiger partial charge in [-0.25, -0.2) is 4.79 Å². The molecule has 76 valence electrons. The molecule has 0 heterocycles. The van der Waals surface area contributed by atoms with Crippen LogP contribution in [0.3, 0.4) is 0 Å². The van der Waals surface area contributed by atoms with Crippen LogP contribution in [-0.2, 0) is 4.79 Å². The molecule has 1 fully saturated rings. The molecular weight excluding hydrogens is 187 g/mol. The number of carboxylic acids is 1. The van der Waals surface area contributed by atoms with Gasteiger partial charge in [-0.15, -0.1) is 0 Å². The second kappa shape index (κ2) is 4.27. The Morgan fingerprint density at radius 3 is 1.85 bits per heavy atom. The minimum atomic E-state index is -5.08. The van der Waals surface area contributed by atoms with E-state index in [-0.39, 0.29) is 0 Å². The van der Waals surface area contributed by atoms with Crippen LogP contribution in [0, 0.1) is 0 Å². The fraction of sp³-hybridized carbons (Fsp3) is 0.571. The molecule has 13 heavy (non-hydrogen) atoms. The minimum absolute atomic E-state index is 0.442. The summed E-state index contributed by atoms with van der Waals surface area (Å²) in [6.07, 6.45) is -2.97. The van der Waals surface area contributed by atoms with Crippen LogP contribution < -0.4 is 5.73 Å². The van der Waals surface area contributed by atoms with Gasteiger partial charge in [-0.05, 0) is 12.8 Å². The summed E-state index contributed by atoms with van der Waals surface area (Å²) in [6, 6.07) is 0.442. The van der Waals surface area contributed by atoms with Crippen molar-refractivity contribution in [3.63, 3.8) is 0 Å². The van der Waals surface area contributed by atoms with Crippen LogP contribution in [0.2, 0.25) is 0 Å². The van der Waals surface area contributed by atoms with E-state index in [1.165, 1.54) is 5.57 Å². The Morgan fingerprint density at radius 2 is 1.85 bits per heavy atom. The first-order chi connectivity index (χ1) is 5.73. The molecule has 0 spiro atoms. The molecule has 0 amide bonds. The van der Waals surface area contributed by atoms with Crippen molar-refractivity contribution in [2.24, 2.45) is 5.73 Å². The number of carbonyl (C=O) groups is 1. The number of hydrogen-bond donors (Lipinski definition) is 2. The maximum absolute atomic E-state index is 10.6. The van der Waals surface area contributed by atoms with Gasteiger partial charge in [0, 0.05) is 6.04 Å². The number of carboxylic acid groups (broad SMARTS) is 1. The molecule has 1 rings (SSSR count). The normalized spacial score (nSPS) is 17.1. The van der Waals surface area contributed by atoms with E-state index >= 15 is 0 Å². The highest BCUT2D eigenvalue weighted by molar-refractivity contribution is 5.73. The summed E-state index contributed by atoms with van der Waals surface area (Å²) in [5, 5.41) is 7.12. The Hall–Kier alpha value is -1.04. The third-order valence-electron chi connectivity index (χ3n) is 1.34. The van der Waals surface area contributed by atoms with Gasteiger partial charge in [-0.3, -0.25) is 0 Å². The van der Waals surface area contributed by atoms with Gasteiger partial charge < -0.3 is 10.8 Å².